The standard InChI is InChI=1S/C19H25ClO3/c1-4-15(20)7-5-6-12-23-18-11-8-14-13-16(21-2)9-10-17(14)19(18)22-3/h8-11,13,15H,4-7,12H2,1-3H3. The second-order valence-corrected chi connectivity index (χ2v) is 6.15. The van der Waals surface area contributed by atoms with Gasteiger partial charge in [-0.3, -0.25) is 0 Å². The maximum absolute atomic E-state index is 6.13. The predicted molar refractivity (Wildman–Crippen MR) is 96.3 cm³/mol. The minimum Gasteiger partial charge on any atom is -0.497 e. The van der Waals surface area contributed by atoms with Gasteiger partial charge >= 0.3 is 0 Å². The molecular weight excluding hydrogens is 312 g/mol. The number of unbranched alkanes of at least 4 members (excludes halogenated alkanes) is 1. The van der Waals surface area contributed by atoms with E-state index < -0.39 is 0 Å². The first-order valence-electron chi connectivity index (χ1n) is 8.11. The van der Waals surface area contributed by atoms with Gasteiger partial charge in [0.1, 0.15) is 5.75 Å². The molecule has 0 aliphatic heterocycles. The SMILES string of the molecule is CCC(Cl)CCCCOc1ccc2cc(OC)ccc2c1OC. The zero-order valence-corrected chi connectivity index (χ0v) is 14.9. The molecule has 4 heteroatoms. The van der Waals surface area contributed by atoms with Crippen molar-refractivity contribution in [1.82, 2.24) is 0 Å². The third-order valence-electron chi connectivity index (χ3n) is 3.96. The zero-order chi connectivity index (χ0) is 16.7. The van der Waals surface area contributed by atoms with Crippen molar-refractivity contribution in [3.05, 3.63) is 30.3 Å². The monoisotopic (exact) mass is 336 g/mol. The Hall–Kier alpha value is -1.61. The van der Waals surface area contributed by atoms with Gasteiger partial charge in [-0.05, 0) is 55.3 Å². The highest BCUT2D eigenvalue weighted by Crippen LogP contribution is 2.37. The Balaban J connectivity index is 2.03. The van der Waals surface area contributed by atoms with Crippen molar-refractivity contribution < 1.29 is 14.2 Å². The number of rotatable bonds is 9. The molecule has 2 aromatic carbocycles. The van der Waals surface area contributed by atoms with Crippen LogP contribution in [-0.2, 0) is 0 Å². The van der Waals surface area contributed by atoms with Crippen LogP contribution < -0.4 is 14.2 Å². The second-order valence-electron chi connectivity index (χ2n) is 5.53. The Kier molecular flexibility index (Phi) is 6.85. The Labute approximate surface area is 143 Å². The van der Waals surface area contributed by atoms with Crippen LogP contribution in [-0.4, -0.2) is 26.2 Å². The highest BCUT2D eigenvalue weighted by Gasteiger charge is 2.10. The maximum Gasteiger partial charge on any atom is 0.168 e. The zero-order valence-electron chi connectivity index (χ0n) is 14.1. The highest BCUT2D eigenvalue weighted by atomic mass is 35.5. The molecule has 1 unspecified atom stereocenters. The van der Waals surface area contributed by atoms with E-state index in [1.165, 1.54) is 0 Å². The second kappa shape index (κ2) is 8.88. The van der Waals surface area contributed by atoms with Crippen LogP contribution in [0.3, 0.4) is 0 Å². The van der Waals surface area contributed by atoms with E-state index in [2.05, 4.69) is 6.92 Å². The van der Waals surface area contributed by atoms with Gasteiger partial charge in [0.25, 0.3) is 0 Å². The van der Waals surface area contributed by atoms with E-state index in [4.69, 9.17) is 25.8 Å². The van der Waals surface area contributed by atoms with Crippen molar-refractivity contribution in [1.29, 1.82) is 0 Å². The molecule has 0 aliphatic rings. The molecule has 0 saturated heterocycles. The van der Waals surface area contributed by atoms with Crippen LogP contribution in [0.4, 0.5) is 0 Å². The summed E-state index contributed by atoms with van der Waals surface area (Å²) < 4.78 is 16.7. The van der Waals surface area contributed by atoms with Crippen molar-refractivity contribution in [3.63, 3.8) is 0 Å². The Morgan fingerprint density at radius 1 is 1.04 bits per heavy atom. The minimum absolute atomic E-state index is 0.278. The number of alkyl halides is 1. The van der Waals surface area contributed by atoms with Crippen molar-refractivity contribution >= 4 is 22.4 Å². The van der Waals surface area contributed by atoms with E-state index in [0.717, 1.165) is 53.7 Å². The van der Waals surface area contributed by atoms with Crippen molar-refractivity contribution in [3.8, 4) is 17.2 Å². The molecule has 2 aromatic rings. The first-order chi connectivity index (χ1) is 11.2. The molecule has 23 heavy (non-hydrogen) atoms. The summed E-state index contributed by atoms with van der Waals surface area (Å²) in [5, 5.41) is 2.37. The van der Waals surface area contributed by atoms with Gasteiger partial charge in [0.05, 0.1) is 20.8 Å². The van der Waals surface area contributed by atoms with Gasteiger partial charge in [0.15, 0.2) is 11.5 Å². The number of hydrogen-bond donors (Lipinski definition) is 0. The fraction of sp³-hybridized carbons (Fsp3) is 0.474. The number of ether oxygens (including phenoxy) is 3. The molecule has 0 aliphatic carbocycles. The fourth-order valence-electron chi connectivity index (χ4n) is 2.56. The van der Waals surface area contributed by atoms with Gasteiger partial charge < -0.3 is 14.2 Å². The lowest BCUT2D eigenvalue weighted by Gasteiger charge is -2.14. The third-order valence-corrected chi connectivity index (χ3v) is 4.48. The van der Waals surface area contributed by atoms with E-state index in [9.17, 15) is 0 Å². The number of halogens is 1. The quantitative estimate of drug-likeness (QED) is 0.452. The molecule has 0 radical (unpaired) electrons. The molecular formula is C19H25ClO3. The Morgan fingerprint density at radius 2 is 1.87 bits per heavy atom. The predicted octanol–water partition coefficient (Wildman–Crippen LogP) is 5.42. The summed E-state index contributed by atoms with van der Waals surface area (Å²) in [5.74, 6) is 2.39. The minimum atomic E-state index is 0.278. The molecule has 126 valence electrons. The van der Waals surface area contributed by atoms with Gasteiger partial charge in [-0.15, -0.1) is 11.6 Å². The summed E-state index contributed by atoms with van der Waals surface area (Å²) in [6.45, 7) is 2.79. The maximum atomic E-state index is 6.13. The normalized spacial score (nSPS) is 12.2. The Morgan fingerprint density at radius 3 is 2.57 bits per heavy atom. The molecule has 0 amide bonds. The number of methoxy groups -OCH3 is 2. The average Bonchev–Trinajstić information content (AvgIpc) is 2.60. The lowest BCUT2D eigenvalue weighted by atomic mass is 10.1. The van der Waals surface area contributed by atoms with Crippen LogP contribution in [0.2, 0.25) is 0 Å². The summed E-state index contributed by atoms with van der Waals surface area (Å²) in [4.78, 5) is 0. The van der Waals surface area contributed by atoms with Crippen LogP contribution in [0, 0.1) is 0 Å². The molecule has 0 bridgehead atoms. The summed E-state index contributed by atoms with van der Waals surface area (Å²) in [6, 6.07) is 9.91. The molecule has 0 heterocycles. The molecule has 0 aromatic heterocycles. The van der Waals surface area contributed by atoms with Crippen molar-refractivity contribution in [2.45, 2.75) is 38.0 Å². The van der Waals surface area contributed by atoms with Crippen LogP contribution in [0.5, 0.6) is 17.2 Å². The van der Waals surface area contributed by atoms with Crippen LogP contribution in [0.1, 0.15) is 32.6 Å². The Bertz CT molecular complexity index is 627. The van der Waals surface area contributed by atoms with Gasteiger partial charge in [-0.2, -0.15) is 0 Å². The van der Waals surface area contributed by atoms with Crippen LogP contribution in [0.15, 0.2) is 30.3 Å². The lowest BCUT2D eigenvalue weighted by molar-refractivity contribution is 0.286. The number of hydrogen-bond acceptors (Lipinski definition) is 3. The largest absolute Gasteiger partial charge is 0.497 e. The number of fused-ring (bicyclic) bond motifs is 1. The summed E-state index contributed by atoms with van der Waals surface area (Å²) in [5.41, 5.74) is 0. The van der Waals surface area contributed by atoms with Crippen LogP contribution in [0.25, 0.3) is 10.8 Å². The third kappa shape index (κ3) is 4.68. The lowest BCUT2D eigenvalue weighted by Crippen LogP contribution is -2.02. The molecule has 0 saturated carbocycles. The smallest absolute Gasteiger partial charge is 0.168 e. The van der Waals surface area contributed by atoms with E-state index in [1.807, 2.05) is 30.3 Å². The molecule has 2 rings (SSSR count). The number of benzene rings is 2. The summed E-state index contributed by atoms with van der Waals surface area (Å²) >= 11 is 6.13. The van der Waals surface area contributed by atoms with E-state index in [-0.39, 0.29) is 5.38 Å². The molecule has 0 fully saturated rings. The highest BCUT2D eigenvalue weighted by molar-refractivity contribution is 6.20. The average molecular weight is 337 g/mol. The molecule has 3 nitrogen and oxygen atoms in total. The molecule has 1 atom stereocenters. The van der Waals surface area contributed by atoms with Gasteiger partial charge in [-0.1, -0.05) is 13.0 Å². The topological polar surface area (TPSA) is 27.7 Å². The molecule has 0 spiro atoms. The van der Waals surface area contributed by atoms with E-state index in [0.29, 0.717) is 6.61 Å². The van der Waals surface area contributed by atoms with Crippen LogP contribution >= 0.6 is 11.6 Å². The fourth-order valence-corrected chi connectivity index (χ4v) is 2.72. The van der Waals surface area contributed by atoms with Crippen molar-refractivity contribution in [2.24, 2.45) is 0 Å². The van der Waals surface area contributed by atoms with Gasteiger partial charge in [-0.25, -0.2) is 0 Å². The first-order valence-corrected chi connectivity index (χ1v) is 8.54. The van der Waals surface area contributed by atoms with E-state index in [1.54, 1.807) is 14.2 Å². The first kappa shape index (κ1) is 17.7. The molecule has 0 N–H and O–H groups in total. The van der Waals surface area contributed by atoms with E-state index >= 15 is 0 Å². The van der Waals surface area contributed by atoms with Gasteiger partial charge in [0, 0.05) is 10.8 Å². The van der Waals surface area contributed by atoms with Gasteiger partial charge in [0.2, 0.25) is 0 Å². The summed E-state index contributed by atoms with van der Waals surface area (Å²) in [6.07, 6.45) is 4.13. The summed E-state index contributed by atoms with van der Waals surface area (Å²) in [7, 11) is 3.34. The van der Waals surface area contributed by atoms with Crippen molar-refractivity contribution in [2.75, 3.05) is 20.8 Å².